The highest BCUT2D eigenvalue weighted by Crippen LogP contribution is 2.31. The fraction of sp³-hybridized carbons (Fsp3) is 0.391. The maximum atomic E-state index is 3.68. The van der Waals surface area contributed by atoms with Crippen LogP contribution in [-0.2, 0) is 13.0 Å². The van der Waals surface area contributed by atoms with E-state index in [4.69, 9.17) is 0 Å². The summed E-state index contributed by atoms with van der Waals surface area (Å²) in [5.41, 5.74) is 6.67. The number of hydrogen-bond donors (Lipinski definition) is 0. The van der Waals surface area contributed by atoms with Crippen LogP contribution < -0.4 is 0 Å². The van der Waals surface area contributed by atoms with Gasteiger partial charge < -0.3 is 4.57 Å². The molecule has 0 saturated heterocycles. The lowest BCUT2D eigenvalue weighted by atomic mass is 10.0. The summed E-state index contributed by atoms with van der Waals surface area (Å²) in [6.07, 6.45) is 6.48. The van der Waals surface area contributed by atoms with Crippen molar-refractivity contribution in [2.45, 2.75) is 59.4 Å². The summed E-state index contributed by atoms with van der Waals surface area (Å²) in [7, 11) is 0. The topological polar surface area (TPSA) is 4.93 Å². The van der Waals surface area contributed by atoms with E-state index in [1.165, 1.54) is 69.9 Å². The van der Waals surface area contributed by atoms with E-state index in [1.807, 2.05) is 0 Å². The van der Waals surface area contributed by atoms with Crippen LogP contribution in [0.5, 0.6) is 0 Å². The molecule has 3 aromatic rings. The maximum Gasteiger partial charge on any atom is 0.0491 e. The van der Waals surface area contributed by atoms with Gasteiger partial charge in [-0.1, -0.05) is 60.3 Å². The van der Waals surface area contributed by atoms with Gasteiger partial charge in [-0.05, 0) is 67.6 Å². The lowest BCUT2D eigenvalue weighted by Crippen LogP contribution is -1.97. The second-order valence-electron chi connectivity index (χ2n) is 6.94. The third kappa shape index (κ3) is 4.00. The average molecular weight is 398 g/mol. The quantitative estimate of drug-likeness (QED) is 0.363. The third-order valence-corrected chi connectivity index (χ3v) is 5.92. The summed E-state index contributed by atoms with van der Waals surface area (Å²) >= 11 is 3.68. The number of aromatic nitrogens is 1. The zero-order valence-corrected chi connectivity index (χ0v) is 17.2. The summed E-state index contributed by atoms with van der Waals surface area (Å²) in [6, 6.07) is 16.0. The molecule has 0 atom stereocenters. The lowest BCUT2D eigenvalue weighted by Gasteiger charge is -2.09. The molecule has 1 aromatic heterocycles. The molecule has 0 N–H and O–H groups in total. The monoisotopic (exact) mass is 397 g/mol. The Balaban J connectivity index is 1.95. The molecule has 0 bridgehead atoms. The summed E-state index contributed by atoms with van der Waals surface area (Å²) in [4.78, 5) is 0. The van der Waals surface area contributed by atoms with Crippen LogP contribution in [-0.4, -0.2) is 4.57 Å². The molecule has 132 valence electrons. The first-order valence-electron chi connectivity index (χ1n) is 9.52. The van der Waals surface area contributed by atoms with E-state index in [0.29, 0.717) is 0 Å². The average Bonchev–Trinajstić information content (AvgIpc) is 2.99. The first kappa shape index (κ1) is 18.3. The summed E-state index contributed by atoms with van der Waals surface area (Å²) in [5.74, 6) is 0. The van der Waals surface area contributed by atoms with E-state index in [2.05, 4.69) is 83.7 Å². The number of benzene rings is 2. The normalized spacial score (nSPS) is 11.4. The minimum absolute atomic E-state index is 0.986. The van der Waals surface area contributed by atoms with Crippen molar-refractivity contribution in [2.24, 2.45) is 0 Å². The first-order valence-corrected chi connectivity index (χ1v) is 10.3. The summed E-state index contributed by atoms with van der Waals surface area (Å²) in [5, 5.41) is 1.36. The molecule has 0 aliphatic heterocycles. The van der Waals surface area contributed by atoms with Crippen LogP contribution in [0.4, 0.5) is 0 Å². The molecule has 1 nitrogen and oxygen atoms in total. The van der Waals surface area contributed by atoms with Crippen molar-refractivity contribution in [3.8, 4) is 11.3 Å². The predicted octanol–water partition coefficient (Wildman–Crippen LogP) is 7.52. The van der Waals surface area contributed by atoms with Crippen LogP contribution >= 0.6 is 15.9 Å². The van der Waals surface area contributed by atoms with Gasteiger partial charge in [0.1, 0.15) is 0 Å². The van der Waals surface area contributed by atoms with Gasteiger partial charge in [0, 0.05) is 27.6 Å². The van der Waals surface area contributed by atoms with E-state index in [-0.39, 0.29) is 0 Å². The Morgan fingerprint density at radius 1 is 0.920 bits per heavy atom. The zero-order chi connectivity index (χ0) is 17.8. The van der Waals surface area contributed by atoms with Crippen molar-refractivity contribution in [2.75, 3.05) is 0 Å². The van der Waals surface area contributed by atoms with Gasteiger partial charge in [0.05, 0.1) is 0 Å². The Hall–Kier alpha value is -1.54. The number of rotatable bonds is 7. The van der Waals surface area contributed by atoms with Gasteiger partial charge in [0.15, 0.2) is 0 Å². The zero-order valence-electron chi connectivity index (χ0n) is 15.6. The van der Waals surface area contributed by atoms with E-state index in [1.54, 1.807) is 0 Å². The van der Waals surface area contributed by atoms with Crippen molar-refractivity contribution >= 4 is 26.8 Å². The number of fused-ring (bicyclic) bond motifs is 1. The van der Waals surface area contributed by atoms with Crippen LogP contribution in [0.2, 0.25) is 0 Å². The lowest BCUT2D eigenvalue weighted by molar-refractivity contribution is 0.667. The van der Waals surface area contributed by atoms with Gasteiger partial charge in [0.25, 0.3) is 0 Å². The number of halogens is 1. The molecule has 2 heteroatoms. The summed E-state index contributed by atoms with van der Waals surface area (Å²) < 4.78 is 3.60. The van der Waals surface area contributed by atoms with Gasteiger partial charge in [-0.3, -0.25) is 0 Å². The number of hydrogen-bond acceptors (Lipinski definition) is 0. The smallest absolute Gasteiger partial charge is 0.0491 e. The molecule has 0 aliphatic rings. The molecule has 0 aliphatic carbocycles. The fourth-order valence-electron chi connectivity index (χ4n) is 3.56. The highest BCUT2D eigenvalue weighted by molar-refractivity contribution is 9.10. The minimum Gasteiger partial charge on any atom is -0.341 e. The molecule has 25 heavy (non-hydrogen) atoms. The van der Waals surface area contributed by atoms with Gasteiger partial charge in [0.2, 0.25) is 0 Å². The van der Waals surface area contributed by atoms with E-state index in [0.717, 1.165) is 6.54 Å². The van der Waals surface area contributed by atoms with E-state index >= 15 is 0 Å². The Kier molecular flexibility index (Phi) is 6.01. The molecule has 0 amide bonds. The van der Waals surface area contributed by atoms with Crippen molar-refractivity contribution in [1.82, 2.24) is 4.57 Å². The van der Waals surface area contributed by atoms with Gasteiger partial charge in [-0.2, -0.15) is 0 Å². The van der Waals surface area contributed by atoms with Crippen molar-refractivity contribution < 1.29 is 0 Å². The predicted molar refractivity (Wildman–Crippen MR) is 113 cm³/mol. The van der Waals surface area contributed by atoms with E-state index < -0.39 is 0 Å². The van der Waals surface area contributed by atoms with Gasteiger partial charge in [-0.15, -0.1) is 0 Å². The van der Waals surface area contributed by atoms with Crippen molar-refractivity contribution in [3.63, 3.8) is 0 Å². The summed E-state index contributed by atoms with van der Waals surface area (Å²) in [6.45, 7) is 7.61. The molecule has 0 spiro atoms. The SMILES string of the molecule is CCCCCCc1ccc2c(c1)cc(-c1ccc(C)c(Br)c1)n2CC. The number of unbranched alkanes of at least 4 members (excludes halogenated alkanes) is 3. The molecule has 0 saturated carbocycles. The standard InChI is InChI=1S/C23H28BrN/c1-4-6-7-8-9-18-11-13-22-20(14-18)16-23(25(22)5-2)19-12-10-17(3)21(24)15-19/h10-16H,4-9H2,1-3H3. The molecule has 0 fully saturated rings. The van der Waals surface area contributed by atoms with Crippen LogP contribution in [0.3, 0.4) is 0 Å². The highest BCUT2D eigenvalue weighted by atomic mass is 79.9. The van der Waals surface area contributed by atoms with Gasteiger partial charge in [-0.25, -0.2) is 0 Å². The third-order valence-electron chi connectivity index (χ3n) is 5.07. The largest absolute Gasteiger partial charge is 0.341 e. The molecule has 0 radical (unpaired) electrons. The molecule has 2 aromatic carbocycles. The number of aryl methyl sites for hydroxylation is 3. The van der Waals surface area contributed by atoms with Crippen LogP contribution in [0.1, 0.15) is 50.7 Å². The van der Waals surface area contributed by atoms with Gasteiger partial charge >= 0.3 is 0 Å². The minimum atomic E-state index is 0.986. The Morgan fingerprint density at radius 3 is 2.48 bits per heavy atom. The molecular formula is C23H28BrN. The Labute approximate surface area is 160 Å². The molecule has 1 heterocycles. The van der Waals surface area contributed by atoms with Crippen LogP contribution in [0.15, 0.2) is 46.9 Å². The Bertz CT molecular complexity index is 860. The van der Waals surface area contributed by atoms with Crippen molar-refractivity contribution in [3.05, 3.63) is 58.1 Å². The second-order valence-corrected chi connectivity index (χ2v) is 7.80. The fourth-order valence-corrected chi connectivity index (χ4v) is 3.94. The molecule has 3 rings (SSSR count). The first-order chi connectivity index (χ1) is 12.1. The van der Waals surface area contributed by atoms with E-state index in [9.17, 15) is 0 Å². The maximum absolute atomic E-state index is 3.68. The Morgan fingerprint density at radius 2 is 1.76 bits per heavy atom. The van der Waals surface area contributed by atoms with Crippen LogP contribution in [0, 0.1) is 6.92 Å². The van der Waals surface area contributed by atoms with Crippen LogP contribution in [0.25, 0.3) is 22.2 Å². The second kappa shape index (κ2) is 8.23. The molecule has 0 unspecified atom stereocenters. The molecular weight excluding hydrogens is 370 g/mol. The number of nitrogens with zero attached hydrogens (tertiary/aromatic N) is 1. The van der Waals surface area contributed by atoms with Crippen molar-refractivity contribution in [1.29, 1.82) is 0 Å². The highest BCUT2D eigenvalue weighted by Gasteiger charge is 2.11.